The highest BCUT2D eigenvalue weighted by atomic mass is 16.5. The molecular weight excluding hydrogens is 336 g/mol. The van der Waals surface area contributed by atoms with E-state index in [9.17, 15) is 0 Å². The predicted octanol–water partition coefficient (Wildman–Crippen LogP) is 4.06. The average Bonchev–Trinajstić information content (AvgIpc) is 3.29. The Hall–Kier alpha value is -2.79. The minimum absolute atomic E-state index is 0.199. The normalized spacial score (nSPS) is 14.8. The maximum absolute atomic E-state index is 5.54. The molecule has 2 aromatic carbocycles. The van der Waals surface area contributed by atoms with E-state index in [1.54, 1.807) is 13.3 Å². The Morgan fingerprint density at radius 1 is 1.15 bits per heavy atom. The summed E-state index contributed by atoms with van der Waals surface area (Å²) in [6.07, 6.45) is 3.77. The quantitative estimate of drug-likeness (QED) is 0.718. The third-order valence-corrected chi connectivity index (χ3v) is 5.17. The van der Waals surface area contributed by atoms with Crippen LogP contribution in [-0.2, 0) is 19.6 Å². The van der Waals surface area contributed by atoms with E-state index < -0.39 is 0 Å². The molecule has 0 unspecified atom stereocenters. The molecule has 1 aromatic heterocycles. The molecule has 0 radical (unpaired) electrons. The smallest absolute Gasteiger partial charge is 0.123 e. The van der Waals surface area contributed by atoms with Gasteiger partial charge in [0.2, 0.25) is 0 Å². The summed E-state index contributed by atoms with van der Waals surface area (Å²) in [5.74, 6) is 0.891. The minimum Gasteiger partial charge on any atom is -0.496 e. The lowest BCUT2D eigenvalue weighted by atomic mass is 10.0. The highest BCUT2D eigenvalue weighted by molar-refractivity contribution is 5.52. The van der Waals surface area contributed by atoms with Crippen LogP contribution in [0.3, 0.4) is 0 Å². The minimum atomic E-state index is 0.199. The van der Waals surface area contributed by atoms with Gasteiger partial charge in [0, 0.05) is 42.8 Å². The lowest BCUT2D eigenvalue weighted by molar-refractivity contribution is 0.353. The summed E-state index contributed by atoms with van der Waals surface area (Å²) in [6, 6.07) is 15.2. The Balaban J connectivity index is 1.53. The molecule has 4 rings (SSSR count). The van der Waals surface area contributed by atoms with Crippen molar-refractivity contribution in [1.29, 1.82) is 0 Å². The fourth-order valence-electron chi connectivity index (χ4n) is 3.75. The Bertz CT molecular complexity index is 920. The fourth-order valence-corrected chi connectivity index (χ4v) is 3.75. The Morgan fingerprint density at radius 3 is 2.78 bits per heavy atom. The molecule has 0 amide bonds. The molecule has 3 aromatic rings. The molecule has 5 heteroatoms. The zero-order valence-electron chi connectivity index (χ0n) is 16.1. The van der Waals surface area contributed by atoms with Crippen LogP contribution in [0.5, 0.6) is 5.75 Å². The van der Waals surface area contributed by atoms with E-state index in [-0.39, 0.29) is 6.04 Å². The van der Waals surface area contributed by atoms with Crippen LogP contribution in [0.2, 0.25) is 0 Å². The number of hydrogen-bond acceptors (Lipinski definition) is 4. The van der Waals surface area contributed by atoms with E-state index >= 15 is 0 Å². The zero-order chi connectivity index (χ0) is 18.8. The van der Waals surface area contributed by atoms with Gasteiger partial charge in [-0.05, 0) is 61.0 Å². The van der Waals surface area contributed by atoms with Gasteiger partial charge in [0.1, 0.15) is 5.75 Å². The van der Waals surface area contributed by atoms with Crippen molar-refractivity contribution in [3.63, 3.8) is 0 Å². The number of ether oxygens (including phenoxy) is 1. The molecule has 1 N–H and O–H groups in total. The molecule has 0 aliphatic carbocycles. The van der Waals surface area contributed by atoms with E-state index in [0.29, 0.717) is 6.54 Å². The van der Waals surface area contributed by atoms with Crippen LogP contribution in [0.4, 0.5) is 5.69 Å². The molecule has 0 spiro atoms. The molecule has 1 aliphatic heterocycles. The van der Waals surface area contributed by atoms with Crippen molar-refractivity contribution >= 4 is 5.69 Å². The molecule has 2 heterocycles. The van der Waals surface area contributed by atoms with Crippen molar-refractivity contribution < 1.29 is 4.74 Å². The lowest BCUT2D eigenvalue weighted by Crippen LogP contribution is -2.09. The first-order chi connectivity index (χ1) is 13.1. The average molecular weight is 362 g/mol. The van der Waals surface area contributed by atoms with Crippen molar-refractivity contribution in [2.75, 3.05) is 19.5 Å². The summed E-state index contributed by atoms with van der Waals surface area (Å²) in [5.41, 5.74) is 6.38. The largest absolute Gasteiger partial charge is 0.496 e. The van der Waals surface area contributed by atoms with Crippen LogP contribution in [0.15, 0.2) is 54.9 Å². The SMILES string of the molecule is COc1ccc([C@@H](C)Nc2ccc3c(c2)CN(C)C3)cc1Cn1cccn1. The summed E-state index contributed by atoms with van der Waals surface area (Å²) < 4.78 is 7.45. The van der Waals surface area contributed by atoms with Crippen LogP contribution in [0, 0.1) is 0 Å². The van der Waals surface area contributed by atoms with Gasteiger partial charge in [-0.1, -0.05) is 12.1 Å². The van der Waals surface area contributed by atoms with Crippen molar-refractivity contribution in [2.24, 2.45) is 0 Å². The van der Waals surface area contributed by atoms with Crippen LogP contribution < -0.4 is 10.1 Å². The van der Waals surface area contributed by atoms with Crippen molar-refractivity contribution in [3.05, 3.63) is 77.1 Å². The van der Waals surface area contributed by atoms with Gasteiger partial charge in [-0.15, -0.1) is 0 Å². The summed E-state index contributed by atoms with van der Waals surface area (Å²) in [5, 5.41) is 7.95. The summed E-state index contributed by atoms with van der Waals surface area (Å²) in [7, 11) is 3.87. The second-order valence-corrected chi connectivity index (χ2v) is 7.30. The van der Waals surface area contributed by atoms with Gasteiger partial charge in [-0.2, -0.15) is 5.10 Å². The van der Waals surface area contributed by atoms with E-state index in [0.717, 1.165) is 24.4 Å². The zero-order valence-corrected chi connectivity index (χ0v) is 16.1. The Labute approximate surface area is 160 Å². The highest BCUT2D eigenvalue weighted by Gasteiger charge is 2.16. The van der Waals surface area contributed by atoms with Crippen LogP contribution >= 0.6 is 0 Å². The third-order valence-electron chi connectivity index (χ3n) is 5.17. The molecule has 0 fully saturated rings. The van der Waals surface area contributed by atoms with Gasteiger partial charge < -0.3 is 10.1 Å². The molecule has 140 valence electrons. The Morgan fingerprint density at radius 2 is 2.00 bits per heavy atom. The van der Waals surface area contributed by atoms with Gasteiger partial charge in [-0.3, -0.25) is 9.58 Å². The van der Waals surface area contributed by atoms with E-state index in [2.05, 4.69) is 59.6 Å². The second-order valence-electron chi connectivity index (χ2n) is 7.30. The highest BCUT2D eigenvalue weighted by Crippen LogP contribution is 2.29. The first-order valence-electron chi connectivity index (χ1n) is 9.33. The number of hydrogen-bond donors (Lipinski definition) is 1. The molecular formula is C22H26N4O. The molecule has 0 saturated heterocycles. The van der Waals surface area contributed by atoms with Crippen molar-refractivity contribution in [1.82, 2.24) is 14.7 Å². The maximum atomic E-state index is 5.54. The van der Waals surface area contributed by atoms with Crippen LogP contribution in [-0.4, -0.2) is 28.8 Å². The number of nitrogens with one attached hydrogen (secondary N) is 1. The summed E-state index contributed by atoms with van der Waals surface area (Å²) >= 11 is 0. The Kier molecular flexibility index (Phi) is 4.86. The van der Waals surface area contributed by atoms with E-state index in [1.165, 1.54) is 22.4 Å². The standard InChI is InChI=1S/C22H26N4O/c1-16(24-21-7-5-18-13-25(2)14-19(18)12-21)17-6-8-22(27-3)20(11-17)15-26-10-4-9-23-26/h4-12,16,24H,13-15H2,1-3H3/t16-/m1/s1. The topological polar surface area (TPSA) is 42.3 Å². The number of anilines is 1. The first-order valence-corrected chi connectivity index (χ1v) is 9.33. The summed E-state index contributed by atoms with van der Waals surface area (Å²) in [4.78, 5) is 2.34. The maximum Gasteiger partial charge on any atom is 0.123 e. The van der Waals surface area contributed by atoms with Crippen molar-refractivity contribution in [2.45, 2.75) is 32.6 Å². The molecule has 1 aliphatic rings. The number of nitrogens with zero attached hydrogens (tertiary/aromatic N) is 3. The molecule has 1 atom stereocenters. The van der Waals surface area contributed by atoms with Gasteiger partial charge in [0.25, 0.3) is 0 Å². The molecule has 0 saturated carbocycles. The third kappa shape index (κ3) is 3.83. The monoisotopic (exact) mass is 362 g/mol. The number of methoxy groups -OCH3 is 1. The summed E-state index contributed by atoms with van der Waals surface area (Å²) in [6.45, 7) is 4.96. The van der Waals surface area contributed by atoms with Gasteiger partial charge in [0.15, 0.2) is 0 Å². The number of benzene rings is 2. The number of fused-ring (bicyclic) bond motifs is 1. The number of rotatable bonds is 6. The van der Waals surface area contributed by atoms with Crippen LogP contribution in [0.25, 0.3) is 0 Å². The molecule has 27 heavy (non-hydrogen) atoms. The van der Waals surface area contributed by atoms with Gasteiger partial charge in [-0.25, -0.2) is 0 Å². The van der Waals surface area contributed by atoms with Crippen molar-refractivity contribution in [3.8, 4) is 5.75 Å². The first kappa shape index (κ1) is 17.6. The van der Waals surface area contributed by atoms with E-state index in [4.69, 9.17) is 4.74 Å². The van der Waals surface area contributed by atoms with Gasteiger partial charge >= 0.3 is 0 Å². The molecule has 0 bridgehead atoms. The number of aromatic nitrogens is 2. The lowest BCUT2D eigenvalue weighted by Gasteiger charge is -2.19. The fraction of sp³-hybridized carbons (Fsp3) is 0.318. The van der Waals surface area contributed by atoms with E-state index in [1.807, 2.05) is 23.0 Å². The van der Waals surface area contributed by atoms with Gasteiger partial charge in [0.05, 0.1) is 13.7 Å². The predicted molar refractivity (Wildman–Crippen MR) is 108 cm³/mol. The molecule has 5 nitrogen and oxygen atoms in total. The van der Waals surface area contributed by atoms with Crippen LogP contribution in [0.1, 0.15) is 35.2 Å². The second kappa shape index (κ2) is 7.45.